The Balaban J connectivity index is 1.27. The molecule has 0 spiro atoms. The fourth-order valence-electron chi connectivity index (χ4n) is 7.45. The van der Waals surface area contributed by atoms with Gasteiger partial charge in [0.15, 0.2) is 5.96 Å². The Hall–Kier alpha value is -3.53. The molecule has 1 aliphatic heterocycles. The first-order valence-corrected chi connectivity index (χ1v) is 15.4. The van der Waals surface area contributed by atoms with Gasteiger partial charge in [-0.05, 0) is 73.1 Å². The highest BCUT2D eigenvalue weighted by atomic mass is 19.1. The largest absolute Gasteiger partial charge is 0.497 e. The number of aromatic nitrogens is 2. The lowest BCUT2D eigenvalue weighted by molar-refractivity contribution is -0.112. The highest BCUT2D eigenvalue weighted by Crippen LogP contribution is 2.61. The summed E-state index contributed by atoms with van der Waals surface area (Å²) in [6.45, 7) is 11.8. The predicted octanol–water partition coefficient (Wildman–Crippen LogP) is 4.87. The van der Waals surface area contributed by atoms with Crippen LogP contribution in [0.1, 0.15) is 46.1 Å². The average molecular weight is 593 g/mol. The van der Waals surface area contributed by atoms with Crippen molar-refractivity contribution in [3.8, 4) is 5.75 Å². The van der Waals surface area contributed by atoms with E-state index in [1.165, 1.54) is 36.6 Å². The van der Waals surface area contributed by atoms with Crippen LogP contribution in [0.3, 0.4) is 0 Å². The van der Waals surface area contributed by atoms with E-state index in [2.05, 4.69) is 48.2 Å². The molecular weight excluding hydrogens is 550 g/mol. The van der Waals surface area contributed by atoms with Gasteiger partial charge in [0.05, 0.1) is 24.3 Å². The lowest BCUT2D eigenvalue weighted by Crippen LogP contribution is -2.63. The van der Waals surface area contributed by atoms with Crippen molar-refractivity contribution in [1.82, 2.24) is 25.1 Å². The second-order valence-corrected chi connectivity index (χ2v) is 13.2. The summed E-state index contributed by atoms with van der Waals surface area (Å²) < 4.78 is 36.5. The van der Waals surface area contributed by atoms with Crippen LogP contribution in [0.2, 0.25) is 0 Å². The third kappa shape index (κ3) is 5.61. The average Bonchev–Trinajstić information content (AvgIpc) is 2.98. The molecule has 3 aromatic rings. The van der Waals surface area contributed by atoms with E-state index in [0.29, 0.717) is 46.0 Å². The summed E-state index contributed by atoms with van der Waals surface area (Å²) in [6.07, 6.45) is 4.07. The van der Waals surface area contributed by atoms with Crippen LogP contribution >= 0.6 is 0 Å². The Morgan fingerprint density at radius 1 is 1.19 bits per heavy atom. The van der Waals surface area contributed by atoms with Crippen LogP contribution in [-0.4, -0.2) is 59.2 Å². The molecule has 5 unspecified atom stereocenters. The lowest BCUT2D eigenvalue weighted by atomic mass is 9.45. The number of fused-ring (bicyclic) bond motifs is 3. The molecule has 4 aliphatic rings. The summed E-state index contributed by atoms with van der Waals surface area (Å²) in [5.41, 5.74) is 0.975. The fraction of sp³-hybridized carbons (Fsp3) is 0.545. The molecule has 2 bridgehead atoms. The Bertz CT molecular complexity index is 1600. The second kappa shape index (κ2) is 11.5. The molecule has 0 radical (unpaired) electrons. The van der Waals surface area contributed by atoms with Crippen molar-refractivity contribution < 1.29 is 13.5 Å². The first kappa shape index (κ1) is 29.5. The van der Waals surface area contributed by atoms with Crippen LogP contribution in [0.25, 0.3) is 10.9 Å². The molecular formula is C33H42F2N6O2. The van der Waals surface area contributed by atoms with E-state index in [9.17, 15) is 9.18 Å². The Kier molecular flexibility index (Phi) is 7.91. The van der Waals surface area contributed by atoms with Crippen molar-refractivity contribution in [2.24, 2.45) is 28.2 Å². The van der Waals surface area contributed by atoms with Crippen LogP contribution in [0.5, 0.6) is 5.75 Å². The zero-order chi connectivity index (χ0) is 30.5. The van der Waals surface area contributed by atoms with E-state index in [-0.39, 0.29) is 41.7 Å². The monoisotopic (exact) mass is 592 g/mol. The number of aliphatic imine (C=N–C) groups is 1. The van der Waals surface area contributed by atoms with Crippen LogP contribution in [0.4, 0.5) is 14.5 Å². The van der Waals surface area contributed by atoms with Crippen LogP contribution in [-0.2, 0) is 13.0 Å². The number of ether oxygens (including phenoxy) is 1. The lowest BCUT2D eigenvalue weighted by Gasteiger charge is -2.62. The van der Waals surface area contributed by atoms with Gasteiger partial charge in [0.2, 0.25) is 0 Å². The van der Waals surface area contributed by atoms with Gasteiger partial charge in [0.25, 0.3) is 5.56 Å². The summed E-state index contributed by atoms with van der Waals surface area (Å²) in [6, 6.07) is 7.97. The molecule has 8 nitrogen and oxygen atoms in total. The molecule has 2 heterocycles. The molecule has 3 aliphatic carbocycles. The number of methoxy groups -OCH3 is 1. The van der Waals surface area contributed by atoms with Crippen molar-refractivity contribution >= 4 is 22.5 Å². The third-order valence-corrected chi connectivity index (χ3v) is 10.3. The van der Waals surface area contributed by atoms with Gasteiger partial charge in [-0.2, -0.15) is 0 Å². The maximum atomic E-state index is 15.6. The van der Waals surface area contributed by atoms with E-state index < -0.39 is 11.6 Å². The van der Waals surface area contributed by atoms with Gasteiger partial charge in [0.1, 0.15) is 23.1 Å². The number of nitrogens with zero attached hydrogens (tertiary/aromatic N) is 4. The van der Waals surface area contributed by atoms with Gasteiger partial charge < -0.3 is 20.3 Å². The number of piperazine rings is 1. The summed E-state index contributed by atoms with van der Waals surface area (Å²) in [7, 11) is 1.48. The van der Waals surface area contributed by atoms with E-state index >= 15 is 4.39 Å². The normalized spacial score (nSPS) is 26.7. The maximum absolute atomic E-state index is 15.6. The van der Waals surface area contributed by atoms with Crippen LogP contribution in [0, 0.1) is 34.8 Å². The zero-order valence-electron chi connectivity index (χ0n) is 25.7. The Labute approximate surface area is 251 Å². The number of benzene rings is 2. The molecule has 4 fully saturated rings. The first-order valence-electron chi connectivity index (χ1n) is 15.4. The number of hydrogen-bond donors (Lipinski definition) is 2. The van der Waals surface area contributed by atoms with Gasteiger partial charge in [-0.15, -0.1) is 0 Å². The number of guanidine groups is 1. The molecule has 43 heavy (non-hydrogen) atoms. The van der Waals surface area contributed by atoms with E-state index in [4.69, 9.17) is 9.73 Å². The maximum Gasteiger partial charge on any atom is 0.261 e. The summed E-state index contributed by atoms with van der Waals surface area (Å²) in [4.78, 5) is 24.8. The molecule has 2 aromatic carbocycles. The number of halogens is 2. The minimum Gasteiger partial charge on any atom is -0.497 e. The van der Waals surface area contributed by atoms with Gasteiger partial charge in [-0.3, -0.25) is 9.36 Å². The SMILES string of the molecule is COc1ccc(CCn2cnc3cc(N=C(NC4CC5CC(C4C)C5(C)C)N4CCNC(C)C4)c(F)cc3c2=O)c(F)c1. The molecule has 2 N–H and O–H groups in total. The zero-order valence-corrected chi connectivity index (χ0v) is 25.7. The smallest absolute Gasteiger partial charge is 0.261 e. The topological polar surface area (TPSA) is 83.8 Å². The molecule has 1 saturated heterocycles. The van der Waals surface area contributed by atoms with Crippen molar-refractivity contribution in [3.63, 3.8) is 0 Å². The number of rotatable bonds is 6. The van der Waals surface area contributed by atoms with Gasteiger partial charge in [-0.25, -0.2) is 18.8 Å². The molecule has 0 amide bonds. The van der Waals surface area contributed by atoms with Crippen molar-refractivity contribution in [3.05, 3.63) is 64.2 Å². The minimum atomic E-state index is -0.575. The Morgan fingerprint density at radius 2 is 2.00 bits per heavy atom. The minimum absolute atomic E-state index is 0.153. The van der Waals surface area contributed by atoms with Crippen molar-refractivity contribution in [2.45, 2.75) is 65.6 Å². The van der Waals surface area contributed by atoms with Gasteiger partial charge in [0, 0.05) is 44.3 Å². The molecule has 1 aromatic heterocycles. The van der Waals surface area contributed by atoms with Gasteiger partial charge in [-0.1, -0.05) is 26.8 Å². The first-order chi connectivity index (χ1) is 20.5. The van der Waals surface area contributed by atoms with Crippen LogP contribution in [0.15, 0.2) is 46.4 Å². The Morgan fingerprint density at radius 3 is 2.70 bits per heavy atom. The van der Waals surface area contributed by atoms with E-state index in [0.717, 1.165) is 26.1 Å². The third-order valence-electron chi connectivity index (χ3n) is 10.3. The van der Waals surface area contributed by atoms with Crippen molar-refractivity contribution in [2.75, 3.05) is 26.7 Å². The predicted molar refractivity (Wildman–Crippen MR) is 165 cm³/mol. The van der Waals surface area contributed by atoms with Crippen LogP contribution < -0.4 is 20.9 Å². The fourth-order valence-corrected chi connectivity index (χ4v) is 7.45. The molecule has 10 heteroatoms. The summed E-state index contributed by atoms with van der Waals surface area (Å²) >= 11 is 0. The number of hydrogen-bond acceptors (Lipinski definition) is 5. The van der Waals surface area contributed by atoms with E-state index in [1.807, 2.05) is 0 Å². The molecule has 5 atom stereocenters. The second-order valence-electron chi connectivity index (χ2n) is 13.2. The number of nitrogens with one attached hydrogen (secondary N) is 2. The molecule has 7 rings (SSSR count). The highest BCUT2D eigenvalue weighted by Gasteiger charge is 2.56. The standard InChI is InChI=1S/C33H42F2N6O2/c1-19-17-40(11-9-36-19)32(38-28-13-22-12-25(20(28)2)33(22,3)4)39-30-16-29-24(15-27(30)35)31(42)41(18-37-29)10-8-21-6-7-23(43-5)14-26(21)34/h6-7,14-16,18-20,22,25,28,36H,8-13,17H2,1-5H3,(H,38,39). The van der Waals surface area contributed by atoms with Crippen molar-refractivity contribution in [1.29, 1.82) is 0 Å². The van der Waals surface area contributed by atoms with Gasteiger partial charge >= 0.3 is 0 Å². The molecule has 3 saturated carbocycles. The summed E-state index contributed by atoms with van der Waals surface area (Å²) in [5.74, 6) is 1.96. The highest BCUT2D eigenvalue weighted by molar-refractivity contribution is 5.86. The quantitative estimate of drug-likeness (QED) is 0.314. The summed E-state index contributed by atoms with van der Waals surface area (Å²) in [5, 5.41) is 7.38. The molecule has 230 valence electrons. The van der Waals surface area contributed by atoms with E-state index in [1.54, 1.807) is 18.2 Å². The number of aryl methyl sites for hydroxylation is 2.